The number of methoxy groups -OCH3 is 4. The first-order chi connectivity index (χ1) is 13.3. The zero-order chi connectivity index (χ0) is 20.8. The summed E-state index contributed by atoms with van der Waals surface area (Å²) < 4.78 is 21.0. The molecule has 0 spiro atoms. The maximum atomic E-state index is 10.2. The molecule has 0 bridgehead atoms. The quantitative estimate of drug-likeness (QED) is 0.669. The first kappa shape index (κ1) is 21.5. The minimum absolute atomic E-state index is 0.0708. The van der Waals surface area contributed by atoms with Crippen LogP contribution in [0.1, 0.15) is 25.0 Å². The van der Waals surface area contributed by atoms with Gasteiger partial charge in [-0.1, -0.05) is 13.8 Å². The van der Waals surface area contributed by atoms with Gasteiger partial charge in [-0.3, -0.25) is 0 Å². The zero-order valence-electron chi connectivity index (χ0n) is 17.4. The molecule has 0 heterocycles. The Labute approximate surface area is 166 Å². The van der Waals surface area contributed by atoms with Gasteiger partial charge in [0.05, 0.1) is 28.4 Å². The smallest absolute Gasteiger partial charge is 0.203 e. The summed E-state index contributed by atoms with van der Waals surface area (Å²) in [5.74, 6) is 2.51. The van der Waals surface area contributed by atoms with Crippen LogP contribution in [0.4, 0.5) is 0 Å². The molecule has 0 aliphatic rings. The first-order valence-corrected chi connectivity index (χ1v) is 9.22. The third-order valence-electron chi connectivity index (χ3n) is 5.12. The van der Waals surface area contributed by atoms with Crippen LogP contribution in [0.25, 0.3) is 0 Å². The summed E-state index contributed by atoms with van der Waals surface area (Å²) >= 11 is 0. The van der Waals surface area contributed by atoms with Gasteiger partial charge < -0.3 is 29.2 Å². The van der Waals surface area contributed by atoms with Gasteiger partial charge in [0.15, 0.2) is 23.0 Å². The highest BCUT2D eigenvalue weighted by atomic mass is 16.5. The van der Waals surface area contributed by atoms with Gasteiger partial charge in [0, 0.05) is 0 Å². The number of aromatic hydroxyl groups is 2. The van der Waals surface area contributed by atoms with Gasteiger partial charge in [-0.25, -0.2) is 0 Å². The summed E-state index contributed by atoms with van der Waals surface area (Å²) in [7, 11) is 6.11. The van der Waals surface area contributed by atoms with Crippen LogP contribution in [0.15, 0.2) is 24.3 Å². The molecule has 2 N–H and O–H groups in total. The van der Waals surface area contributed by atoms with E-state index in [1.807, 2.05) is 12.1 Å². The van der Waals surface area contributed by atoms with E-state index in [2.05, 4.69) is 13.8 Å². The van der Waals surface area contributed by atoms with E-state index in [0.29, 0.717) is 34.8 Å². The van der Waals surface area contributed by atoms with E-state index < -0.39 is 0 Å². The predicted octanol–water partition coefficient (Wildman–Crippen LogP) is 4.19. The Balaban J connectivity index is 2.14. The van der Waals surface area contributed by atoms with Crippen molar-refractivity contribution >= 4 is 0 Å². The van der Waals surface area contributed by atoms with E-state index in [1.165, 1.54) is 14.2 Å². The van der Waals surface area contributed by atoms with Crippen LogP contribution in [0, 0.1) is 11.8 Å². The Morgan fingerprint density at radius 3 is 1.29 bits per heavy atom. The average Bonchev–Trinajstić information content (AvgIpc) is 2.66. The van der Waals surface area contributed by atoms with Gasteiger partial charge in [-0.2, -0.15) is 0 Å². The molecule has 0 aliphatic carbocycles. The van der Waals surface area contributed by atoms with E-state index in [0.717, 1.165) is 24.0 Å². The SMILES string of the molecule is COc1cc(C[C@@H](C)[C@@H](C)Cc2cc(O)c(OC)c(OC)c2)cc(O)c1OC. The Bertz CT molecular complexity index is 735. The highest BCUT2D eigenvalue weighted by molar-refractivity contribution is 5.54. The molecular formula is C22H30O6. The van der Waals surface area contributed by atoms with Gasteiger partial charge in [-0.15, -0.1) is 0 Å². The molecule has 2 rings (SSSR count). The molecule has 28 heavy (non-hydrogen) atoms. The van der Waals surface area contributed by atoms with Crippen molar-refractivity contribution in [2.45, 2.75) is 26.7 Å². The number of benzene rings is 2. The maximum Gasteiger partial charge on any atom is 0.203 e. The summed E-state index contributed by atoms with van der Waals surface area (Å²) in [4.78, 5) is 0. The third-order valence-corrected chi connectivity index (χ3v) is 5.12. The molecule has 6 nitrogen and oxygen atoms in total. The van der Waals surface area contributed by atoms with Gasteiger partial charge >= 0.3 is 0 Å². The van der Waals surface area contributed by atoms with Crippen molar-refractivity contribution in [2.24, 2.45) is 11.8 Å². The van der Waals surface area contributed by atoms with E-state index in [9.17, 15) is 10.2 Å². The molecular weight excluding hydrogens is 360 g/mol. The average molecular weight is 390 g/mol. The topological polar surface area (TPSA) is 77.4 Å². The van der Waals surface area contributed by atoms with Crippen molar-refractivity contribution in [2.75, 3.05) is 28.4 Å². The van der Waals surface area contributed by atoms with E-state index in [4.69, 9.17) is 18.9 Å². The highest BCUT2D eigenvalue weighted by Crippen LogP contribution is 2.40. The second-order valence-electron chi connectivity index (χ2n) is 7.06. The minimum Gasteiger partial charge on any atom is -0.504 e. The zero-order valence-corrected chi connectivity index (χ0v) is 17.4. The molecule has 2 aromatic rings. The molecule has 2 atom stereocenters. The Hall–Kier alpha value is -2.76. The molecule has 2 aromatic carbocycles. The van der Waals surface area contributed by atoms with Crippen molar-refractivity contribution < 1.29 is 29.2 Å². The summed E-state index contributed by atoms with van der Waals surface area (Å²) in [6.45, 7) is 4.33. The Morgan fingerprint density at radius 2 is 1.00 bits per heavy atom. The van der Waals surface area contributed by atoms with Gasteiger partial charge in [0.1, 0.15) is 0 Å². The minimum atomic E-state index is 0.0708. The molecule has 0 radical (unpaired) electrons. The fourth-order valence-electron chi connectivity index (χ4n) is 3.38. The third kappa shape index (κ3) is 4.74. The molecule has 0 amide bonds. The number of ether oxygens (including phenoxy) is 4. The lowest BCUT2D eigenvalue weighted by atomic mass is 9.85. The molecule has 0 fully saturated rings. The molecule has 154 valence electrons. The lowest BCUT2D eigenvalue weighted by molar-refractivity contribution is 0.329. The predicted molar refractivity (Wildman–Crippen MR) is 108 cm³/mol. The maximum absolute atomic E-state index is 10.2. The van der Waals surface area contributed by atoms with Crippen LogP contribution in [-0.4, -0.2) is 38.7 Å². The second-order valence-corrected chi connectivity index (χ2v) is 7.06. The summed E-state index contributed by atoms with van der Waals surface area (Å²) in [6.07, 6.45) is 1.54. The molecule has 0 saturated heterocycles. The number of hydrogen-bond acceptors (Lipinski definition) is 6. The van der Waals surface area contributed by atoms with Crippen molar-refractivity contribution in [1.29, 1.82) is 0 Å². The molecule has 0 aliphatic heterocycles. The standard InChI is InChI=1S/C22H30O6/c1-13(7-15-9-17(23)21(27-5)19(11-15)25-3)14(2)8-16-10-18(24)22(28-6)20(12-16)26-4/h9-14,23-24H,7-8H2,1-6H3/t13-,14+. The molecule has 0 unspecified atom stereocenters. The van der Waals surface area contributed by atoms with Crippen LogP contribution in [0.5, 0.6) is 34.5 Å². The van der Waals surface area contributed by atoms with Crippen LogP contribution in [0.3, 0.4) is 0 Å². The summed E-state index contributed by atoms with van der Waals surface area (Å²) in [6, 6.07) is 7.22. The molecule has 0 aromatic heterocycles. The lowest BCUT2D eigenvalue weighted by Crippen LogP contribution is -2.14. The number of rotatable bonds is 9. The number of phenolic OH excluding ortho intramolecular Hbond substituents is 2. The Morgan fingerprint density at radius 1 is 0.643 bits per heavy atom. The number of hydrogen-bond donors (Lipinski definition) is 2. The molecule has 0 saturated carbocycles. The first-order valence-electron chi connectivity index (χ1n) is 9.22. The largest absolute Gasteiger partial charge is 0.504 e. The van der Waals surface area contributed by atoms with Crippen LogP contribution >= 0.6 is 0 Å². The van der Waals surface area contributed by atoms with Crippen LogP contribution in [0.2, 0.25) is 0 Å². The van der Waals surface area contributed by atoms with Crippen molar-refractivity contribution in [3.05, 3.63) is 35.4 Å². The monoisotopic (exact) mass is 390 g/mol. The van der Waals surface area contributed by atoms with Crippen molar-refractivity contribution in [3.63, 3.8) is 0 Å². The fourth-order valence-corrected chi connectivity index (χ4v) is 3.38. The summed E-state index contributed by atoms with van der Waals surface area (Å²) in [5.41, 5.74) is 1.95. The van der Waals surface area contributed by atoms with Crippen LogP contribution < -0.4 is 18.9 Å². The second kappa shape index (κ2) is 9.44. The van der Waals surface area contributed by atoms with Gasteiger partial charge in [0.25, 0.3) is 0 Å². The lowest BCUT2D eigenvalue weighted by Gasteiger charge is -2.22. The van der Waals surface area contributed by atoms with Crippen molar-refractivity contribution in [3.8, 4) is 34.5 Å². The number of phenols is 2. The van der Waals surface area contributed by atoms with E-state index in [1.54, 1.807) is 26.4 Å². The Kier molecular flexibility index (Phi) is 7.26. The van der Waals surface area contributed by atoms with Crippen molar-refractivity contribution in [1.82, 2.24) is 0 Å². The van der Waals surface area contributed by atoms with Crippen LogP contribution in [-0.2, 0) is 12.8 Å². The molecule has 6 heteroatoms. The van der Waals surface area contributed by atoms with E-state index in [-0.39, 0.29) is 11.5 Å². The van der Waals surface area contributed by atoms with Gasteiger partial charge in [0.2, 0.25) is 11.5 Å². The normalized spacial score (nSPS) is 12.9. The highest BCUT2D eigenvalue weighted by Gasteiger charge is 2.19. The summed E-state index contributed by atoms with van der Waals surface area (Å²) in [5, 5.41) is 20.3. The fraction of sp³-hybridized carbons (Fsp3) is 0.455. The van der Waals surface area contributed by atoms with Gasteiger partial charge in [-0.05, 0) is 60.1 Å². The van der Waals surface area contributed by atoms with E-state index >= 15 is 0 Å².